The van der Waals surface area contributed by atoms with E-state index in [1.165, 1.54) is 0 Å². The predicted octanol–water partition coefficient (Wildman–Crippen LogP) is 2.00. The Labute approximate surface area is 155 Å². The third-order valence-corrected chi connectivity index (χ3v) is 4.72. The van der Waals surface area contributed by atoms with Crippen molar-refractivity contribution in [1.29, 1.82) is 0 Å². The van der Waals surface area contributed by atoms with Gasteiger partial charge >= 0.3 is 0 Å². The lowest BCUT2D eigenvalue weighted by Crippen LogP contribution is -2.46. The molecule has 26 heavy (non-hydrogen) atoms. The highest BCUT2D eigenvalue weighted by Crippen LogP contribution is 2.18. The number of aromatic nitrogens is 4. The fraction of sp³-hybridized carbons (Fsp3) is 0.333. The summed E-state index contributed by atoms with van der Waals surface area (Å²) in [6, 6.07) is 9.20. The number of rotatable bonds is 3. The molecule has 8 heteroatoms. The zero-order chi connectivity index (χ0) is 18.1. The maximum absolute atomic E-state index is 12.2. The fourth-order valence-corrected chi connectivity index (χ4v) is 3.45. The number of nitrogens with one attached hydrogen (secondary N) is 1. The molecule has 1 fully saturated rings. The van der Waals surface area contributed by atoms with Crippen LogP contribution in [-0.2, 0) is 6.54 Å². The molecule has 0 spiro atoms. The molecule has 0 radical (unpaired) electrons. The van der Waals surface area contributed by atoms with Crippen LogP contribution in [0, 0.1) is 6.92 Å². The number of halogens is 1. The first-order valence-electron chi connectivity index (χ1n) is 8.55. The van der Waals surface area contributed by atoms with Crippen LogP contribution < -0.4 is 10.5 Å². The summed E-state index contributed by atoms with van der Waals surface area (Å²) in [4.78, 5) is 32.7. The normalized spacial score (nSPS) is 15.5. The molecule has 1 aliphatic rings. The van der Waals surface area contributed by atoms with E-state index >= 15 is 0 Å². The summed E-state index contributed by atoms with van der Waals surface area (Å²) >= 11 is 6.04. The lowest BCUT2D eigenvalue weighted by molar-refractivity contribution is 0.243. The fourth-order valence-electron chi connectivity index (χ4n) is 3.24. The van der Waals surface area contributed by atoms with Crippen LogP contribution in [0.2, 0.25) is 5.15 Å². The van der Waals surface area contributed by atoms with E-state index in [1.54, 1.807) is 12.1 Å². The number of hydrogen-bond donors (Lipinski definition) is 1. The number of benzene rings is 1. The second-order valence-corrected chi connectivity index (χ2v) is 6.78. The molecule has 134 valence electrons. The molecule has 2 aromatic heterocycles. The molecule has 3 aromatic rings. The number of para-hydroxylation sites is 1. The SMILES string of the molecule is Cc1nc(Cl)cc(N2CCN(Cc3nc4ccccc4c(=O)[nH]3)CC2)n1. The summed E-state index contributed by atoms with van der Waals surface area (Å²) in [6.45, 7) is 5.86. The van der Waals surface area contributed by atoms with Gasteiger partial charge < -0.3 is 9.88 Å². The number of anilines is 1. The lowest BCUT2D eigenvalue weighted by atomic mass is 10.2. The topological polar surface area (TPSA) is 78.0 Å². The smallest absolute Gasteiger partial charge is 0.258 e. The molecule has 0 atom stereocenters. The van der Waals surface area contributed by atoms with Crippen molar-refractivity contribution in [3.8, 4) is 0 Å². The summed E-state index contributed by atoms with van der Waals surface area (Å²) in [5.74, 6) is 2.23. The minimum absolute atomic E-state index is 0.0876. The summed E-state index contributed by atoms with van der Waals surface area (Å²) in [7, 11) is 0. The van der Waals surface area contributed by atoms with Crippen LogP contribution in [0.15, 0.2) is 35.1 Å². The monoisotopic (exact) mass is 370 g/mol. The van der Waals surface area contributed by atoms with Gasteiger partial charge in [-0.25, -0.2) is 15.0 Å². The van der Waals surface area contributed by atoms with E-state index in [-0.39, 0.29) is 5.56 Å². The van der Waals surface area contributed by atoms with Gasteiger partial charge in [0.25, 0.3) is 5.56 Å². The van der Waals surface area contributed by atoms with Gasteiger partial charge in [-0.15, -0.1) is 0 Å². The second-order valence-electron chi connectivity index (χ2n) is 6.39. The Bertz CT molecular complexity index is 976. The minimum atomic E-state index is -0.0876. The first-order valence-corrected chi connectivity index (χ1v) is 8.93. The molecule has 4 rings (SSSR count). The number of nitrogens with zero attached hydrogens (tertiary/aromatic N) is 5. The third kappa shape index (κ3) is 3.54. The first kappa shape index (κ1) is 16.9. The number of hydrogen-bond acceptors (Lipinski definition) is 6. The van der Waals surface area contributed by atoms with Crippen molar-refractivity contribution in [1.82, 2.24) is 24.8 Å². The Balaban J connectivity index is 1.45. The molecule has 0 bridgehead atoms. The van der Waals surface area contributed by atoms with Gasteiger partial charge in [0.15, 0.2) is 0 Å². The maximum atomic E-state index is 12.2. The van der Waals surface area contributed by atoms with E-state index in [0.717, 1.165) is 37.5 Å². The quantitative estimate of drug-likeness (QED) is 0.710. The van der Waals surface area contributed by atoms with Crippen molar-refractivity contribution in [2.24, 2.45) is 0 Å². The molecule has 1 aliphatic heterocycles. The summed E-state index contributed by atoms with van der Waals surface area (Å²) in [5.41, 5.74) is 0.645. The Kier molecular flexibility index (Phi) is 4.57. The molecular formula is C18H19ClN6O. The van der Waals surface area contributed by atoms with Crippen LogP contribution >= 0.6 is 11.6 Å². The van der Waals surface area contributed by atoms with E-state index in [1.807, 2.05) is 25.1 Å². The van der Waals surface area contributed by atoms with Crippen LogP contribution in [-0.4, -0.2) is 51.0 Å². The van der Waals surface area contributed by atoms with Crippen molar-refractivity contribution in [2.75, 3.05) is 31.1 Å². The van der Waals surface area contributed by atoms with Crippen molar-refractivity contribution in [3.05, 3.63) is 57.5 Å². The Morgan fingerprint density at radius 2 is 1.88 bits per heavy atom. The first-order chi connectivity index (χ1) is 12.6. The highest BCUT2D eigenvalue weighted by atomic mass is 35.5. The molecular weight excluding hydrogens is 352 g/mol. The molecule has 0 saturated carbocycles. The van der Waals surface area contributed by atoms with Crippen LogP contribution in [0.25, 0.3) is 10.9 Å². The van der Waals surface area contributed by atoms with Crippen molar-refractivity contribution in [2.45, 2.75) is 13.5 Å². The zero-order valence-corrected chi connectivity index (χ0v) is 15.2. The number of aromatic amines is 1. The van der Waals surface area contributed by atoms with Crippen molar-refractivity contribution < 1.29 is 0 Å². The molecule has 0 amide bonds. The van der Waals surface area contributed by atoms with Gasteiger partial charge in [-0.05, 0) is 19.1 Å². The predicted molar refractivity (Wildman–Crippen MR) is 102 cm³/mol. The second kappa shape index (κ2) is 7.01. The van der Waals surface area contributed by atoms with Gasteiger partial charge in [-0.1, -0.05) is 23.7 Å². The van der Waals surface area contributed by atoms with Gasteiger partial charge in [0.1, 0.15) is 22.6 Å². The average Bonchev–Trinajstić information content (AvgIpc) is 2.61. The number of H-pyrrole nitrogens is 1. The summed E-state index contributed by atoms with van der Waals surface area (Å²) < 4.78 is 0. The van der Waals surface area contributed by atoms with Gasteiger partial charge in [-0.3, -0.25) is 9.69 Å². The Morgan fingerprint density at radius 1 is 1.12 bits per heavy atom. The van der Waals surface area contributed by atoms with E-state index in [9.17, 15) is 4.79 Å². The number of piperazine rings is 1. The van der Waals surface area contributed by atoms with Gasteiger partial charge in [0, 0.05) is 32.2 Å². The molecule has 1 saturated heterocycles. The number of fused-ring (bicyclic) bond motifs is 1. The molecule has 7 nitrogen and oxygen atoms in total. The zero-order valence-electron chi connectivity index (χ0n) is 14.4. The summed E-state index contributed by atoms with van der Waals surface area (Å²) in [6.07, 6.45) is 0. The van der Waals surface area contributed by atoms with E-state index in [2.05, 4.69) is 29.7 Å². The van der Waals surface area contributed by atoms with Crippen molar-refractivity contribution >= 4 is 28.3 Å². The average molecular weight is 371 g/mol. The molecule has 3 heterocycles. The highest BCUT2D eigenvalue weighted by molar-refractivity contribution is 6.29. The molecule has 0 aliphatic carbocycles. The van der Waals surface area contributed by atoms with E-state index in [0.29, 0.717) is 28.7 Å². The molecule has 1 N–H and O–H groups in total. The van der Waals surface area contributed by atoms with Gasteiger partial charge in [0.2, 0.25) is 0 Å². The van der Waals surface area contributed by atoms with Crippen LogP contribution in [0.1, 0.15) is 11.6 Å². The third-order valence-electron chi connectivity index (χ3n) is 4.52. The van der Waals surface area contributed by atoms with Crippen LogP contribution in [0.5, 0.6) is 0 Å². The van der Waals surface area contributed by atoms with E-state index < -0.39 is 0 Å². The van der Waals surface area contributed by atoms with E-state index in [4.69, 9.17) is 11.6 Å². The Morgan fingerprint density at radius 3 is 2.65 bits per heavy atom. The summed E-state index contributed by atoms with van der Waals surface area (Å²) in [5, 5.41) is 1.09. The van der Waals surface area contributed by atoms with Crippen LogP contribution in [0.4, 0.5) is 5.82 Å². The standard InChI is InChI=1S/C18H19ClN6O/c1-12-20-15(19)10-17(21-12)25-8-6-24(7-9-25)11-16-22-14-5-3-2-4-13(14)18(26)23-16/h2-5,10H,6-9,11H2,1H3,(H,22,23,26). The van der Waals surface area contributed by atoms with Gasteiger partial charge in [-0.2, -0.15) is 0 Å². The van der Waals surface area contributed by atoms with Crippen LogP contribution in [0.3, 0.4) is 0 Å². The Hall–Kier alpha value is -2.51. The van der Waals surface area contributed by atoms with Crippen molar-refractivity contribution in [3.63, 3.8) is 0 Å². The molecule has 1 aromatic carbocycles. The number of aryl methyl sites for hydroxylation is 1. The lowest BCUT2D eigenvalue weighted by Gasteiger charge is -2.35. The maximum Gasteiger partial charge on any atom is 0.258 e. The molecule has 0 unspecified atom stereocenters. The highest BCUT2D eigenvalue weighted by Gasteiger charge is 2.19. The van der Waals surface area contributed by atoms with Gasteiger partial charge in [0.05, 0.1) is 17.4 Å². The minimum Gasteiger partial charge on any atom is -0.354 e. The largest absolute Gasteiger partial charge is 0.354 e.